The van der Waals surface area contributed by atoms with Gasteiger partial charge in [0.15, 0.2) is 4.87 Å². The third-order valence-electron chi connectivity index (χ3n) is 5.91. The molecule has 7 nitrogen and oxygen atoms in total. The maximum Gasteiger partial charge on any atom is 0.259 e. The number of rotatable bonds is 3. The van der Waals surface area contributed by atoms with Crippen molar-refractivity contribution in [3.63, 3.8) is 0 Å². The zero-order valence-electron chi connectivity index (χ0n) is 16.2. The monoisotopic (exact) mass is 443 g/mol. The van der Waals surface area contributed by atoms with E-state index in [1.54, 1.807) is 40.1 Å². The fourth-order valence-corrected chi connectivity index (χ4v) is 7.33. The molecule has 3 heterocycles. The van der Waals surface area contributed by atoms with Crippen LogP contribution in [0.1, 0.15) is 12.8 Å². The average Bonchev–Trinajstić information content (AvgIpc) is 3.29. The van der Waals surface area contributed by atoms with Gasteiger partial charge in [0, 0.05) is 37.5 Å². The van der Waals surface area contributed by atoms with Crippen LogP contribution in [0.15, 0.2) is 64.4 Å². The van der Waals surface area contributed by atoms with Gasteiger partial charge in [0.25, 0.3) is 5.91 Å². The molecule has 2 fully saturated rings. The maximum atomic E-state index is 13.6. The summed E-state index contributed by atoms with van der Waals surface area (Å²) in [6.45, 7) is 1.10. The highest BCUT2D eigenvalue weighted by Crippen LogP contribution is 2.56. The number of hydrogen-bond acceptors (Lipinski definition) is 5. The number of thioether (sulfide) groups is 1. The third-order valence-corrected chi connectivity index (χ3v) is 9.29. The highest BCUT2D eigenvalue weighted by atomic mass is 32.2. The molecule has 3 aliphatic heterocycles. The van der Waals surface area contributed by atoms with E-state index in [-0.39, 0.29) is 29.8 Å². The van der Waals surface area contributed by atoms with Crippen LogP contribution in [0.2, 0.25) is 0 Å². The molecule has 3 aliphatic rings. The van der Waals surface area contributed by atoms with Crippen molar-refractivity contribution >= 4 is 39.3 Å². The molecule has 0 bridgehead atoms. The number of piperazine rings is 1. The van der Waals surface area contributed by atoms with Crippen LogP contribution in [0.5, 0.6) is 0 Å². The van der Waals surface area contributed by atoms with Crippen LogP contribution in [-0.4, -0.2) is 60.5 Å². The van der Waals surface area contributed by atoms with Crippen molar-refractivity contribution in [2.45, 2.75) is 27.5 Å². The van der Waals surface area contributed by atoms with Gasteiger partial charge in [-0.1, -0.05) is 42.1 Å². The van der Waals surface area contributed by atoms with Gasteiger partial charge >= 0.3 is 0 Å². The lowest BCUT2D eigenvalue weighted by atomic mass is 10.1. The van der Waals surface area contributed by atoms with Gasteiger partial charge < -0.3 is 4.90 Å². The molecule has 0 N–H and O–H groups in total. The summed E-state index contributed by atoms with van der Waals surface area (Å²) in [6.07, 6.45) is 0.808. The number of fused-ring (bicyclic) bond motifs is 3. The van der Waals surface area contributed by atoms with Gasteiger partial charge in [-0.3, -0.25) is 14.5 Å². The molecule has 2 amide bonds. The fraction of sp³-hybridized carbons (Fsp3) is 0.333. The Morgan fingerprint density at radius 1 is 0.933 bits per heavy atom. The summed E-state index contributed by atoms with van der Waals surface area (Å²) in [6, 6.07) is 15.9. The first-order valence-corrected chi connectivity index (χ1v) is 12.1. The Morgan fingerprint density at radius 3 is 2.33 bits per heavy atom. The number of amides is 2. The van der Waals surface area contributed by atoms with E-state index in [4.69, 9.17) is 0 Å². The summed E-state index contributed by atoms with van der Waals surface area (Å²) in [7, 11) is -3.58. The lowest BCUT2D eigenvalue weighted by Crippen LogP contribution is -2.58. The van der Waals surface area contributed by atoms with Crippen molar-refractivity contribution < 1.29 is 18.0 Å². The van der Waals surface area contributed by atoms with Crippen molar-refractivity contribution in [3.8, 4) is 0 Å². The highest BCUT2D eigenvalue weighted by molar-refractivity contribution is 8.02. The summed E-state index contributed by atoms with van der Waals surface area (Å²) in [4.78, 5) is 29.8. The molecule has 156 valence electrons. The Bertz CT molecular complexity index is 1110. The van der Waals surface area contributed by atoms with E-state index in [0.29, 0.717) is 25.9 Å². The third kappa shape index (κ3) is 2.87. The van der Waals surface area contributed by atoms with Crippen molar-refractivity contribution in [2.24, 2.45) is 0 Å². The molecule has 0 radical (unpaired) electrons. The second kappa shape index (κ2) is 7.11. The van der Waals surface area contributed by atoms with E-state index in [9.17, 15) is 18.0 Å². The predicted molar refractivity (Wildman–Crippen MR) is 114 cm³/mol. The Labute approximate surface area is 179 Å². The van der Waals surface area contributed by atoms with Crippen molar-refractivity contribution in [2.75, 3.05) is 31.1 Å². The van der Waals surface area contributed by atoms with Crippen molar-refractivity contribution in [1.82, 2.24) is 9.21 Å². The molecule has 1 unspecified atom stereocenters. The van der Waals surface area contributed by atoms with Gasteiger partial charge in [-0.2, -0.15) is 4.31 Å². The van der Waals surface area contributed by atoms with Crippen LogP contribution in [0.3, 0.4) is 0 Å². The van der Waals surface area contributed by atoms with E-state index in [1.807, 2.05) is 24.3 Å². The lowest BCUT2D eigenvalue weighted by Gasteiger charge is -2.39. The topological polar surface area (TPSA) is 78.0 Å². The average molecular weight is 444 g/mol. The predicted octanol–water partition coefficient (Wildman–Crippen LogP) is 2.15. The molecule has 0 spiro atoms. The molecule has 9 heteroatoms. The molecule has 2 aromatic carbocycles. The number of carbonyl (C=O) groups is 2. The zero-order chi connectivity index (χ0) is 20.9. The van der Waals surface area contributed by atoms with Gasteiger partial charge in [-0.05, 0) is 30.7 Å². The van der Waals surface area contributed by atoms with Gasteiger partial charge in [0.05, 0.1) is 10.6 Å². The Balaban J connectivity index is 1.35. The maximum absolute atomic E-state index is 13.6. The number of benzene rings is 2. The van der Waals surface area contributed by atoms with Gasteiger partial charge in [-0.15, -0.1) is 0 Å². The zero-order valence-corrected chi connectivity index (χ0v) is 17.9. The molecule has 30 heavy (non-hydrogen) atoms. The van der Waals surface area contributed by atoms with Crippen molar-refractivity contribution in [1.29, 1.82) is 0 Å². The molecule has 0 aromatic heterocycles. The smallest absolute Gasteiger partial charge is 0.259 e. The standard InChI is InChI=1S/C21H21N3O4S2/c25-19-10-11-21(24(19)17-8-4-5-9-18(17)29-21)20(26)22-12-14-23(15-13-22)30(27,28)16-6-2-1-3-7-16/h1-9H,10-15H2. The highest BCUT2D eigenvalue weighted by Gasteiger charge is 2.58. The summed E-state index contributed by atoms with van der Waals surface area (Å²) >= 11 is 1.44. The first kappa shape index (κ1) is 19.6. The number of carbonyl (C=O) groups excluding carboxylic acids is 2. The summed E-state index contributed by atoms with van der Waals surface area (Å²) in [5, 5.41) is 0. The minimum absolute atomic E-state index is 0.0360. The molecule has 0 saturated carbocycles. The van der Waals surface area contributed by atoms with Crippen molar-refractivity contribution in [3.05, 3.63) is 54.6 Å². The summed E-state index contributed by atoms with van der Waals surface area (Å²) < 4.78 is 27.1. The lowest BCUT2D eigenvalue weighted by molar-refractivity contribution is -0.135. The van der Waals surface area contributed by atoms with E-state index < -0.39 is 14.9 Å². The molecule has 1 atom stereocenters. The first-order valence-electron chi connectivity index (χ1n) is 9.89. The second-order valence-corrected chi connectivity index (χ2v) is 10.8. The van der Waals surface area contributed by atoms with Crippen LogP contribution in [0, 0.1) is 0 Å². The Morgan fingerprint density at radius 2 is 1.60 bits per heavy atom. The summed E-state index contributed by atoms with van der Waals surface area (Å²) in [5.41, 5.74) is 0.795. The molecular formula is C21H21N3O4S2. The Hall–Kier alpha value is -2.36. The van der Waals surface area contributed by atoms with Gasteiger partial charge in [0.2, 0.25) is 15.9 Å². The van der Waals surface area contributed by atoms with Crippen LogP contribution < -0.4 is 4.90 Å². The number of anilines is 1. The second-order valence-electron chi connectivity index (χ2n) is 7.59. The SMILES string of the molecule is O=C1CCC2(C(=O)N3CCN(S(=O)(=O)c4ccccc4)CC3)Sc3ccccc3N12. The van der Waals surface area contributed by atoms with E-state index in [0.717, 1.165) is 10.6 Å². The molecule has 5 rings (SSSR count). The van der Waals surface area contributed by atoms with Gasteiger partial charge in [-0.25, -0.2) is 8.42 Å². The quantitative estimate of drug-likeness (QED) is 0.727. The molecule has 2 saturated heterocycles. The minimum Gasteiger partial charge on any atom is -0.337 e. The molecule has 0 aliphatic carbocycles. The number of sulfonamides is 1. The van der Waals surface area contributed by atoms with E-state index in [1.165, 1.54) is 16.1 Å². The largest absolute Gasteiger partial charge is 0.337 e. The van der Waals surface area contributed by atoms with E-state index in [2.05, 4.69) is 0 Å². The molecule has 2 aromatic rings. The minimum atomic E-state index is -3.58. The Kier molecular flexibility index (Phi) is 4.64. The van der Waals surface area contributed by atoms with Crippen LogP contribution in [0.4, 0.5) is 5.69 Å². The van der Waals surface area contributed by atoms with Crippen LogP contribution in [-0.2, 0) is 19.6 Å². The number of hydrogen-bond donors (Lipinski definition) is 0. The summed E-state index contributed by atoms with van der Waals surface area (Å²) in [5.74, 6) is -0.141. The molecular weight excluding hydrogens is 422 g/mol. The van der Waals surface area contributed by atoms with Gasteiger partial charge in [0.1, 0.15) is 0 Å². The normalized spacial score (nSPS) is 24.1. The van der Waals surface area contributed by atoms with Crippen LogP contribution in [0.25, 0.3) is 0 Å². The fourth-order valence-electron chi connectivity index (χ4n) is 4.40. The van der Waals surface area contributed by atoms with E-state index >= 15 is 0 Å². The first-order chi connectivity index (χ1) is 14.4. The number of nitrogens with zero attached hydrogens (tertiary/aromatic N) is 3. The van der Waals surface area contributed by atoms with Crippen LogP contribution >= 0.6 is 11.8 Å². The number of para-hydroxylation sites is 1.